The minimum absolute atomic E-state index is 0.136. The molecule has 1 aromatic rings. The molecule has 4 rings (SSSR count). The average Bonchev–Trinajstić information content (AvgIpc) is 3.45. The van der Waals surface area contributed by atoms with Crippen molar-refractivity contribution in [1.82, 2.24) is 9.62 Å². The minimum atomic E-state index is -3.26. The van der Waals surface area contributed by atoms with Crippen molar-refractivity contribution >= 4 is 15.9 Å². The molecule has 1 aromatic carbocycles. The van der Waals surface area contributed by atoms with Gasteiger partial charge in [0.25, 0.3) is 0 Å². The lowest BCUT2D eigenvalue weighted by atomic mass is 9.94. The van der Waals surface area contributed by atoms with Gasteiger partial charge in [-0.1, -0.05) is 30.3 Å². The Morgan fingerprint density at radius 3 is 2.38 bits per heavy atom. The molecular weight excluding hydrogens is 324 g/mol. The van der Waals surface area contributed by atoms with Gasteiger partial charge in [0.15, 0.2) is 0 Å². The van der Waals surface area contributed by atoms with Crippen molar-refractivity contribution in [2.75, 3.05) is 19.3 Å². The molecule has 0 radical (unpaired) electrons. The van der Waals surface area contributed by atoms with Gasteiger partial charge in [0.2, 0.25) is 15.9 Å². The van der Waals surface area contributed by atoms with Crippen LogP contribution in [0.3, 0.4) is 0 Å². The van der Waals surface area contributed by atoms with E-state index < -0.39 is 10.0 Å². The SMILES string of the molecule is CS(=O)(=O)N[C@H]1CN(C(=O)C2(c3ccccc3)CC2)C[C@@H]1C1CC1. The maximum absolute atomic E-state index is 13.2. The van der Waals surface area contributed by atoms with E-state index in [1.807, 2.05) is 35.2 Å². The molecule has 0 aromatic heterocycles. The van der Waals surface area contributed by atoms with Crippen LogP contribution < -0.4 is 4.72 Å². The molecule has 1 saturated heterocycles. The van der Waals surface area contributed by atoms with Crippen LogP contribution in [0.1, 0.15) is 31.2 Å². The Morgan fingerprint density at radius 1 is 1.17 bits per heavy atom. The summed E-state index contributed by atoms with van der Waals surface area (Å²) in [6, 6.07) is 9.86. The summed E-state index contributed by atoms with van der Waals surface area (Å²) >= 11 is 0. The summed E-state index contributed by atoms with van der Waals surface area (Å²) in [4.78, 5) is 15.1. The number of nitrogens with zero attached hydrogens (tertiary/aromatic N) is 1. The number of nitrogens with one attached hydrogen (secondary N) is 1. The highest BCUT2D eigenvalue weighted by Crippen LogP contribution is 2.51. The van der Waals surface area contributed by atoms with Gasteiger partial charge in [-0.3, -0.25) is 4.79 Å². The molecule has 1 aliphatic heterocycles. The topological polar surface area (TPSA) is 66.5 Å². The summed E-state index contributed by atoms with van der Waals surface area (Å²) in [5.74, 6) is 1.00. The molecule has 3 fully saturated rings. The van der Waals surface area contributed by atoms with Gasteiger partial charge in [-0.2, -0.15) is 0 Å². The van der Waals surface area contributed by atoms with Crippen molar-refractivity contribution in [3.63, 3.8) is 0 Å². The van der Waals surface area contributed by atoms with Gasteiger partial charge in [0.05, 0.1) is 11.7 Å². The molecule has 24 heavy (non-hydrogen) atoms. The highest BCUT2D eigenvalue weighted by atomic mass is 32.2. The Bertz CT molecular complexity index is 739. The first-order valence-corrected chi connectivity index (χ1v) is 10.6. The predicted molar refractivity (Wildman–Crippen MR) is 91.9 cm³/mol. The van der Waals surface area contributed by atoms with Crippen LogP contribution >= 0.6 is 0 Å². The first kappa shape index (κ1) is 16.1. The fraction of sp³-hybridized carbons (Fsp3) is 0.611. The van der Waals surface area contributed by atoms with Crippen LogP contribution in [0, 0.1) is 11.8 Å². The van der Waals surface area contributed by atoms with Crippen molar-refractivity contribution in [1.29, 1.82) is 0 Å². The maximum Gasteiger partial charge on any atom is 0.233 e. The number of benzene rings is 1. The third kappa shape index (κ3) is 2.97. The first-order chi connectivity index (χ1) is 11.4. The summed E-state index contributed by atoms with van der Waals surface area (Å²) in [5, 5.41) is 0. The molecule has 5 nitrogen and oxygen atoms in total. The van der Waals surface area contributed by atoms with Crippen LogP contribution in [0.4, 0.5) is 0 Å². The van der Waals surface area contributed by atoms with E-state index in [-0.39, 0.29) is 23.3 Å². The molecular formula is C18H24N2O3S. The zero-order valence-electron chi connectivity index (χ0n) is 13.9. The lowest BCUT2D eigenvalue weighted by Crippen LogP contribution is -2.42. The summed E-state index contributed by atoms with van der Waals surface area (Å²) in [6.07, 6.45) is 5.29. The van der Waals surface area contributed by atoms with Gasteiger partial charge in [-0.25, -0.2) is 13.1 Å². The second-order valence-electron chi connectivity index (χ2n) is 7.66. The average molecular weight is 348 g/mol. The van der Waals surface area contributed by atoms with Crippen molar-refractivity contribution < 1.29 is 13.2 Å². The van der Waals surface area contributed by atoms with Gasteiger partial charge in [-0.05, 0) is 43.1 Å². The molecule has 1 amide bonds. The Morgan fingerprint density at radius 2 is 1.83 bits per heavy atom. The van der Waals surface area contributed by atoms with Crippen molar-refractivity contribution in [3.8, 4) is 0 Å². The molecule has 2 aliphatic carbocycles. The third-order valence-electron chi connectivity index (χ3n) is 5.73. The van der Waals surface area contributed by atoms with Crippen LogP contribution in [0.5, 0.6) is 0 Å². The lowest BCUT2D eigenvalue weighted by molar-refractivity contribution is -0.133. The number of likely N-dealkylation sites (tertiary alicyclic amines) is 1. The maximum atomic E-state index is 13.2. The van der Waals surface area contributed by atoms with Gasteiger partial charge in [0.1, 0.15) is 0 Å². The molecule has 6 heteroatoms. The highest BCUT2D eigenvalue weighted by molar-refractivity contribution is 7.88. The van der Waals surface area contributed by atoms with Gasteiger partial charge < -0.3 is 4.90 Å². The molecule has 130 valence electrons. The quantitative estimate of drug-likeness (QED) is 0.877. The number of amides is 1. The lowest BCUT2D eigenvalue weighted by Gasteiger charge is -2.23. The van der Waals surface area contributed by atoms with Gasteiger partial charge in [0, 0.05) is 19.1 Å². The summed E-state index contributed by atoms with van der Waals surface area (Å²) < 4.78 is 26.1. The van der Waals surface area contributed by atoms with E-state index in [1.54, 1.807) is 0 Å². The molecule has 2 saturated carbocycles. The zero-order chi connectivity index (χ0) is 16.9. The molecule has 3 aliphatic rings. The fourth-order valence-corrected chi connectivity index (χ4v) is 5.01. The number of carbonyl (C=O) groups is 1. The number of sulfonamides is 1. The fourth-order valence-electron chi connectivity index (χ4n) is 4.21. The van der Waals surface area contributed by atoms with E-state index >= 15 is 0 Å². The van der Waals surface area contributed by atoms with E-state index in [9.17, 15) is 13.2 Å². The van der Waals surface area contributed by atoms with E-state index in [2.05, 4.69) is 4.72 Å². The highest BCUT2D eigenvalue weighted by Gasteiger charge is 2.55. The van der Waals surface area contributed by atoms with Gasteiger partial charge in [-0.15, -0.1) is 0 Å². The Balaban J connectivity index is 1.53. The van der Waals surface area contributed by atoms with Crippen LogP contribution in [-0.2, 0) is 20.2 Å². The van der Waals surface area contributed by atoms with Crippen LogP contribution in [-0.4, -0.2) is 44.6 Å². The molecule has 1 N–H and O–H groups in total. The Hall–Kier alpha value is -1.40. The Labute approximate surface area is 143 Å². The van der Waals surface area contributed by atoms with E-state index in [0.717, 1.165) is 31.2 Å². The Kier molecular flexibility index (Phi) is 3.73. The second kappa shape index (κ2) is 5.56. The molecule has 0 bridgehead atoms. The van der Waals surface area contributed by atoms with Gasteiger partial charge >= 0.3 is 0 Å². The predicted octanol–water partition coefficient (Wildman–Crippen LogP) is 1.50. The van der Waals surface area contributed by atoms with E-state index in [4.69, 9.17) is 0 Å². The van der Waals surface area contributed by atoms with Crippen LogP contribution in [0.25, 0.3) is 0 Å². The standard InChI is InChI=1S/C18H24N2O3S/c1-24(22,23)19-16-12-20(11-15(16)13-7-8-13)17(21)18(9-10-18)14-5-3-2-4-6-14/h2-6,13,15-16,19H,7-12H2,1H3/t15-,16+/m1/s1. The molecule has 0 unspecified atom stereocenters. The van der Waals surface area contributed by atoms with E-state index in [1.165, 1.54) is 6.26 Å². The second-order valence-corrected chi connectivity index (χ2v) is 9.44. The van der Waals surface area contributed by atoms with E-state index in [0.29, 0.717) is 19.0 Å². The normalized spacial score (nSPS) is 28.8. The van der Waals surface area contributed by atoms with Crippen molar-refractivity contribution in [2.45, 2.75) is 37.1 Å². The number of hydrogen-bond acceptors (Lipinski definition) is 3. The van der Waals surface area contributed by atoms with Crippen LogP contribution in [0.15, 0.2) is 30.3 Å². The molecule has 1 heterocycles. The monoisotopic (exact) mass is 348 g/mol. The first-order valence-electron chi connectivity index (χ1n) is 8.71. The number of rotatable bonds is 5. The summed E-state index contributed by atoms with van der Waals surface area (Å²) in [7, 11) is -3.26. The number of hydrogen-bond donors (Lipinski definition) is 1. The summed E-state index contributed by atoms with van der Waals surface area (Å²) in [6.45, 7) is 1.19. The minimum Gasteiger partial charge on any atom is -0.340 e. The van der Waals surface area contributed by atoms with Crippen LogP contribution in [0.2, 0.25) is 0 Å². The summed E-state index contributed by atoms with van der Waals surface area (Å²) in [5.41, 5.74) is 0.729. The third-order valence-corrected chi connectivity index (χ3v) is 6.46. The zero-order valence-corrected chi connectivity index (χ0v) is 14.8. The largest absolute Gasteiger partial charge is 0.340 e. The molecule has 2 atom stereocenters. The van der Waals surface area contributed by atoms with Crippen molar-refractivity contribution in [2.24, 2.45) is 11.8 Å². The van der Waals surface area contributed by atoms with Crippen molar-refractivity contribution in [3.05, 3.63) is 35.9 Å². The number of carbonyl (C=O) groups excluding carboxylic acids is 1. The smallest absolute Gasteiger partial charge is 0.233 e. The molecule has 0 spiro atoms.